The number of methoxy groups -OCH3 is 2. The number of carbonyl (C=O) groups is 1. The number of aliphatic hydroxyl groups excluding tert-OH is 1. The van der Waals surface area contributed by atoms with Crippen molar-refractivity contribution in [1.29, 1.82) is 0 Å². The van der Waals surface area contributed by atoms with Crippen LogP contribution in [0.1, 0.15) is 61.8 Å². The molecule has 1 aliphatic carbocycles. The average molecular weight is 533 g/mol. The molecule has 206 valence electrons. The van der Waals surface area contributed by atoms with Crippen LogP contribution >= 0.6 is 0 Å². The lowest BCUT2D eigenvalue weighted by molar-refractivity contribution is -0.141. The minimum atomic E-state index is -0.934. The molecule has 3 aromatic carbocycles. The zero-order valence-electron chi connectivity index (χ0n) is 23.1. The molecule has 0 radical (unpaired) electrons. The standard InChI is InChI=1S/C33H37FO5/c1-6-33(2,3)32(36)29-16-21(10-14-26(29)28-18-24(37-4)13-15-30(28)34)20-39-25-9-7-8-23(17-25)27(22-11-12-22)19-31(35)38-5/h6-10,13-18,22,27,32,36H,1,11-12,19-20H2,2-5H3/t27-,32+/m1/s1. The van der Waals surface area contributed by atoms with Crippen LogP contribution in [0.5, 0.6) is 11.5 Å². The summed E-state index contributed by atoms with van der Waals surface area (Å²) in [5.74, 6) is 1.21. The number of esters is 1. The van der Waals surface area contributed by atoms with E-state index >= 15 is 0 Å². The molecule has 0 bridgehead atoms. The van der Waals surface area contributed by atoms with Crippen LogP contribution < -0.4 is 9.47 Å². The zero-order valence-corrected chi connectivity index (χ0v) is 23.1. The minimum Gasteiger partial charge on any atom is -0.497 e. The summed E-state index contributed by atoms with van der Waals surface area (Å²) >= 11 is 0. The summed E-state index contributed by atoms with van der Waals surface area (Å²) in [4.78, 5) is 12.0. The van der Waals surface area contributed by atoms with Gasteiger partial charge in [-0.3, -0.25) is 4.79 Å². The Bertz CT molecular complexity index is 1330. The van der Waals surface area contributed by atoms with Gasteiger partial charge in [-0.1, -0.05) is 44.2 Å². The summed E-state index contributed by atoms with van der Waals surface area (Å²) in [5, 5.41) is 11.4. The van der Waals surface area contributed by atoms with E-state index in [1.165, 1.54) is 20.3 Å². The van der Waals surface area contributed by atoms with Crippen LogP contribution in [0.15, 0.2) is 73.3 Å². The molecule has 1 fully saturated rings. The molecule has 1 N–H and O–H groups in total. The molecule has 0 amide bonds. The van der Waals surface area contributed by atoms with Crippen molar-refractivity contribution in [1.82, 2.24) is 0 Å². The monoisotopic (exact) mass is 532 g/mol. The van der Waals surface area contributed by atoms with Crippen molar-refractivity contribution in [3.8, 4) is 22.6 Å². The SMILES string of the molecule is C=CC(C)(C)[C@@H](O)c1cc(COc2cccc([C@H](CC(=O)OC)C3CC3)c2)ccc1-c1cc(OC)ccc1F. The van der Waals surface area contributed by atoms with E-state index in [2.05, 4.69) is 6.58 Å². The fraction of sp³-hybridized carbons (Fsp3) is 0.364. The van der Waals surface area contributed by atoms with E-state index in [4.69, 9.17) is 14.2 Å². The Balaban J connectivity index is 1.62. The molecular formula is C33H37FO5. The van der Waals surface area contributed by atoms with Gasteiger partial charge in [0.2, 0.25) is 0 Å². The molecule has 0 heterocycles. The van der Waals surface area contributed by atoms with E-state index in [0.29, 0.717) is 40.5 Å². The van der Waals surface area contributed by atoms with E-state index in [-0.39, 0.29) is 18.5 Å². The van der Waals surface area contributed by atoms with E-state index in [1.54, 1.807) is 18.2 Å². The van der Waals surface area contributed by atoms with Gasteiger partial charge in [0, 0.05) is 11.0 Å². The van der Waals surface area contributed by atoms with E-state index in [1.807, 2.05) is 56.3 Å². The molecule has 3 aromatic rings. The zero-order chi connectivity index (χ0) is 28.2. The second kappa shape index (κ2) is 12.0. The highest BCUT2D eigenvalue weighted by Crippen LogP contribution is 2.45. The molecule has 6 heteroatoms. The molecule has 1 saturated carbocycles. The number of ether oxygens (including phenoxy) is 3. The van der Waals surface area contributed by atoms with Crippen LogP contribution in [0.4, 0.5) is 4.39 Å². The lowest BCUT2D eigenvalue weighted by atomic mass is 9.79. The van der Waals surface area contributed by atoms with E-state index < -0.39 is 17.3 Å². The number of carbonyl (C=O) groups excluding carboxylic acids is 1. The fourth-order valence-corrected chi connectivity index (χ4v) is 4.84. The second-order valence-electron chi connectivity index (χ2n) is 10.8. The Morgan fingerprint density at radius 3 is 2.51 bits per heavy atom. The van der Waals surface area contributed by atoms with Gasteiger partial charge in [0.05, 0.1) is 26.7 Å². The van der Waals surface area contributed by atoms with E-state index in [9.17, 15) is 14.3 Å². The smallest absolute Gasteiger partial charge is 0.306 e. The molecular weight excluding hydrogens is 495 g/mol. The number of rotatable bonds is 12. The first-order valence-electron chi connectivity index (χ1n) is 13.2. The van der Waals surface area contributed by atoms with E-state index in [0.717, 1.165) is 24.0 Å². The molecule has 0 spiro atoms. The van der Waals surface area contributed by atoms with Crippen molar-refractivity contribution < 1.29 is 28.5 Å². The summed E-state index contributed by atoms with van der Waals surface area (Å²) in [7, 11) is 2.95. The van der Waals surface area contributed by atoms with Gasteiger partial charge >= 0.3 is 5.97 Å². The van der Waals surface area contributed by atoms with Crippen LogP contribution in [0.25, 0.3) is 11.1 Å². The third kappa shape index (κ3) is 6.69. The largest absolute Gasteiger partial charge is 0.497 e. The van der Waals surface area contributed by atoms with Gasteiger partial charge in [0.1, 0.15) is 23.9 Å². The minimum absolute atomic E-state index is 0.112. The lowest BCUT2D eigenvalue weighted by Crippen LogP contribution is -2.20. The Labute approximate surface area is 230 Å². The van der Waals surface area contributed by atoms with Gasteiger partial charge in [-0.25, -0.2) is 4.39 Å². The lowest BCUT2D eigenvalue weighted by Gasteiger charge is -2.29. The quantitative estimate of drug-likeness (QED) is 0.195. The van der Waals surface area contributed by atoms with Crippen molar-refractivity contribution in [3.63, 3.8) is 0 Å². The van der Waals surface area contributed by atoms with Crippen LogP contribution in [0.3, 0.4) is 0 Å². The average Bonchev–Trinajstić information content (AvgIpc) is 3.80. The van der Waals surface area contributed by atoms with Crippen LogP contribution in [0.2, 0.25) is 0 Å². The summed E-state index contributed by atoms with van der Waals surface area (Å²) in [5.41, 5.74) is 2.74. The third-order valence-electron chi connectivity index (χ3n) is 7.60. The molecule has 0 aliphatic heterocycles. The van der Waals surface area contributed by atoms with Gasteiger partial charge < -0.3 is 19.3 Å². The predicted octanol–water partition coefficient (Wildman–Crippen LogP) is 7.38. The maximum atomic E-state index is 14.9. The molecule has 39 heavy (non-hydrogen) atoms. The van der Waals surface area contributed by atoms with Gasteiger partial charge in [-0.05, 0) is 83.3 Å². The summed E-state index contributed by atoms with van der Waals surface area (Å²) < 4.78 is 31.3. The Hall–Kier alpha value is -3.64. The third-order valence-corrected chi connectivity index (χ3v) is 7.60. The van der Waals surface area contributed by atoms with Crippen molar-refractivity contribution in [2.45, 2.75) is 51.7 Å². The summed E-state index contributed by atoms with van der Waals surface area (Å²) in [6.07, 6.45) is 3.34. The Morgan fingerprint density at radius 1 is 1.08 bits per heavy atom. The molecule has 4 rings (SSSR count). The number of hydrogen-bond donors (Lipinski definition) is 1. The molecule has 0 saturated heterocycles. The molecule has 5 nitrogen and oxygen atoms in total. The normalized spacial score (nSPS) is 14.8. The second-order valence-corrected chi connectivity index (χ2v) is 10.8. The van der Waals surface area contributed by atoms with Crippen molar-refractivity contribution in [3.05, 3.63) is 95.8 Å². The van der Waals surface area contributed by atoms with Crippen LogP contribution in [0, 0.1) is 17.2 Å². The summed E-state index contributed by atoms with van der Waals surface area (Å²) in [6, 6.07) is 18.0. The highest BCUT2D eigenvalue weighted by molar-refractivity contribution is 5.71. The number of halogens is 1. The van der Waals surface area contributed by atoms with Gasteiger partial charge in [0.15, 0.2) is 0 Å². The Morgan fingerprint density at radius 2 is 1.85 bits per heavy atom. The first-order chi connectivity index (χ1) is 18.7. The number of benzene rings is 3. The van der Waals surface area contributed by atoms with Crippen LogP contribution in [-0.4, -0.2) is 25.3 Å². The maximum absolute atomic E-state index is 14.9. The number of hydrogen-bond acceptors (Lipinski definition) is 5. The predicted molar refractivity (Wildman–Crippen MR) is 150 cm³/mol. The fourth-order valence-electron chi connectivity index (χ4n) is 4.84. The molecule has 1 aliphatic rings. The maximum Gasteiger partial charge on any atom is 0.306 e. The highest BCUT2D eigenvalue weighted by Gasteiger charge is 2.34. The van der Waals surface area contributed by atoms with Crippen molar-refractivity contribution in [2.24, 2.45) is 11.3 Å². The van der Waals surface area contributed by atoms with Gasteiger partial charge in [-0.15, -0.1) is 6.58 Å². The number of aliphatic hydroxyl groups is 1. The first-order valence-corrected chi connectivity index (χ1v) is 13.2. The molecule has 0 aromatic heterocycles. The van der Waals surface area contributed by atoms with Gasteiger partial charge in [-0.2, -0.15) is 0 Å². The highest BCUT2D eigenvalue weighted by atomic mass is 19.1. The topological polar surface area (TPSA) is 65.0 Å². The van der Waals surface area contributed by atoms with Crippen molar-refractivity contribution >= 4 is 5.97 Å². The molecule has 2 atom stereocenters. The van der Waals surface area contributed by atoms with Crippen molar-refractivity contribution in [2.75, 3.05) is 14.2 Å². The summed E-state index contributed by atoms with van der Waals surface area (Å²) in [6.45, 7) is 7.90. The molecule has 0 unspecified atom stereocenters. The Kier molecular flexibility index (Phi) is 8.76. The first kappa shape index (κ1) is 28.4. The van der Waals surface area contributed by atoms with Crippen LogP contribution in [-0.2, 0) is 16.1 Å². The van der Waals surface area contributed by atoms with Gasteiger partial charge in [0.25, 0.3) is 0 Å².